The molecule has 128 valence electrons. The van der Waals surface area contributed by atoms with Crippen molar-refractivity contribution in [3.8, 4) is 5.75 Å². The average molecular weight is 410 g/mol. The molecule has 0 radical (unpaired) electrons. The van der Waals surface area contributed by atoms with E-state index in [1.54, 1.807) is 25.3 Å². The first-order valence-electron chi connectivity index (χ1n) is 7.88. The van der Waals surface area contributed by atoms with E-state index in [9.17, 15) is 8.42 Å². The van der Waals surface area contributed by atoms with E-state index in [0.29, 0.717) is 10.2 Å². The van der Waals surface area contributed by atoms with Crippen molar-refractivity contribution in [2.75, 3.05) is 7.11 Å². The first kappa shape index (κ1) is 17.5. The van der Waals surface area contributed by atoms with Crippen molar-refractivity contribution in [1.82, 2.24) is 4.72 Å². The van der Waals surface area contributed by atoms with Crippen LogP contribution in [0.15, 0.2) is 45.8 Å². The van der Waals surface area contributed by atoms with Crippen LogP contribution in [0.25, 0.3) is 0 Å². The molecule has 0 aromatic heterocycles. The third-order valence-electron chi connectivity index (χ3n) is 4.39. The topological polar surface area (TPSA) is 55.4 Å². The Hall–Kier alpha value is -1.37. The van der Waals surface area contributed by atoms with Gasteiger partial charge < -0.3 is 4.74 Å². The molecule has 1 atom stereocenters. The summed E-state index contributed by atoms with van der Waals surface area (Å²) in [7, 11) is -2.06. The Morgan fingerprint density at radius 2 is 1.88 bits per heavy atom. The minimum absolute atomic E-state index is 0.211. The van der Waals surface area contributed by atoms with Crippen LogP contribution in [0.5, 0.6) is 5.75 Å². The van der Waals surface area contributed by atoms with Gasteiger partial charge in [-0.05, 0) is 77.0 Å². The third-order valence-corrected chi connectivity index (χ3v) is 6.55. The Kier molecular flexibility index (Phi) is 4.99. The smallest absolute Gasteiger partial charge is 0.241 e. The second kappa shape index (κ2) is 6.86. The number of ether oxygens (including phenoxy) is 1. The average Bonchev–Trinajstić information content (AvgIpc) is 3.01. The molecule has 0 aliphatic heterocycles. The van der Waals surface area contributed by atoms with Gasteiger partial charge in [0.15, 0.2) is 0 Å². The van der Waals surface area contributed by atoms with Crippen LogP contribution in [0.2, 0.25) is 0 Å². The quantitative estimate of drug-likeness (QED) is 0.811. The largest absolute Gasteiger partial charge is 0.496 e. The minimum atomic E-state index is -3.60. The van der Waals surface area contributed by atoms with Gasteiger partial charge in [0.1, 0.15) is 5.75 Å². The molecule has 0 bridgehead atoms. The maximum atomic E-state index is 12.6. The zero-order chi connectivity index (χ0) is 17.3. The Morgan fingerprint density at radius 3 is 2.58 bits per heavy atom. The number of hydrogen-bond donors (Lipinski definition) is 1. The van der Waals surface area contributed by atoms with Crippen LogP contribution in [0.4, 0.5) is 0 Å². The van der Waals surface area contributed by atoms with E-state index in [1.807, 2.05) is 13.0 Å². The summed E-state index contributed by atoms with van der Waals surface area (Å²) in [5.41, 5.74) is 3.71. The number of rotatable bonds is 5. The van der Waals surface area contributed by atoms with Gasteiger partial charge >= 0.3 is 0 Å². The van der Waals surface area contributed by atoms with E-state index < -0.39 is 10.0 Å². The minimum Gasteiger partial charge on any atom is -0.496 e. The van der Waals surface area contributed by atoms with E-state index >= 15 is 0 Å². The molecule has 0 spiro atoms. The highest BCUT2D eigenvalue weighted by Gasteiger charge is 2.21. The second-order valence-corrected chi connectivity index (χ2v) is 8.59. The van der Waals surface area contributed by atoms with Gasteiger partial charge in [-0.3, -0.25) is 0 Å². The molecule has 2 aromatic carbocycles. The first-order valence-corrected chi connectivity index (χ1v) is 10.2. The number of benzene rings is 2. The number of fused-ring (bicyclic) bond motifs is 1. The summed E-state index contributed by atoms with van der Waals surface area (Å²) in [4.78, 5) is 0.211. The molecule has 0 saturated carbocycles. The van der Waals surface area contributed by atoms with Gasteiger partial charge in [0, 0.05) is 6.04 Å². The summed E-state index contributed by atoms with van der Waals surface area (Å²) < 4.78 is 33.8. The normalized spacial score (nSPS) is 15.1. The van der Waals surface area contributed by atoms with Crippen molar-refractivity contribution in [3.63, 3.8) is 0 Å². The number of sulfonamides is 1. The SMILES string of the molecule is COc1ccc(S(=O)(=O)N[C@H](C)c2ccc3c(c2)CCC3)cc1Br. The lowest BCUT2D eigenvalue weighted by molar-refractivity contribution is 0.411. The Labute approximate surface area is 151 Å². The second-order valence-electron chi connectivity index (χ2n) is 6.02. The summed E-state index contributed by atoms with van der Waals surface area (Å²) >= 11 is 3.33. The molecule has 1 aliphatic carbocycles. The molecule has 2 aromatic rings. The zero-order valence-corrected chi connectivity index (χ0v) is 16.1. The van der Waals surface area contributed by atoms with E-state index in [4.69, 9.17) is 4.74 Å². The van der Waals surface area contributed by atoms with Crippen LogP contribution in [-0.4, -0.2) is 15.5 Å². The lowest BCUT2D eigenvalue weighted by Crippen LogP contribution is -2.27. The van der Waals surface area contributed by atoms with Crippen molar-refractivity contribution in [2.45, 2.75) is 37.1 Å². The fourth-order valence-corrected chi connectivity index (χ4v) is 4.99. The molecule has 1 aliphatic rings. The molecule has 0 saturated heterocycles. The number of nitrogens with one attached hydrogen (secondary N) is 1. The van der Waals surface area contributed by atoms with Crippen LogP contribution in [0.3, 0.4) is 0 Å². The van der Waals surface area contributed by atoms with E-state index in [-0.39, 0.29) is 10.9 Å². The van der Waals surface area contributed by atoms with Crippen molar-refractivity contribution < 1.29 is 13.2 Å². The van der Waals surface area contributed by atoms with Gasteiger partial charge in [-0.2, -0.15) is 0 Å². The molecule has 6 heteroatoms. The van der Waals surface area contributed by atoms with E-state index in [1.165, 1.54) is 17.5 Å². The third kappa shape index (κ3) is 3.50. The van der Waals surface area contributed by atoms with E-state index in [0.717, 1.165) is 18.4 Å². The molecule has 0 unspecified atom stereocenters. The van der Waals surface area contributed by atoms with Gasteiger partial charge in [0.25, 0.3) is 0 Å². The van der Waals surface area contributed by atoms with Crippen LogP contribution in [0.1, 0.15) is 36.1 Å². The highest BCUT2D eigenvalue weighted by molar-refractivity contribution is 9.10. The Bertz CT molecular complexity index is 865. The fraction of sp³-hybridized carbons (Fsp3) is 0.333. The number of aryl methyl sites for hydroxylation is 2. The Morgan fingerprint density at radius 1 is 1.12 bits per heavy atom. The maximum absolute atomic E-state index is 12.6. The monoisotopic (exact) mass is 409 g/mol. The Balaban J connectivity index is 1.82. The summed E-state index contributed by atoms with van der Waals surface area (Å²) in [6.45, 7) is 1.87. The van der Waals surface area contributed by atoms with Gasteiger partial charge in [-0.1, -0.05) is 18.2 Å². The summed E-state index contributed by atoms with van der Waals surface area (Å²) in [6, 6.07) is 10.7. The van der Waals surface area contributed by atoms with Gasteiger partial charge in [-0.15, -0.1) is 0 Å². The molecule has 4 nitrogen and oxygen atoms in total. The van der Waals surface area contributed by atoms with Gasteiger partial charge in [-0.25, -0.2) is 13.1 Å². The number of hydrogen-bond acceptors (Lipinski definition) is 3. The van der Waals surface area contributed by atoms with Crippen molar-refractivity contribution in [2.24, 2.45) is 0 Å². The first-order chi connectivity index (χ1) is 11.4. The van der Waals surface area contributed by atoms with E-state index in [2.05, 4.69) is 32.8 Å². The van der Waals surface area contributed by atoms with Crippen molar-refractivity contribution >= 4 is 26.0 Å². The number of methoxy groups -OCH3 is 1. The predicted octanol–water partition coefficient (Wildman–Crippen LogP) is 3.99. The molecular formula is C18H20BrNO3S. The molecule has 3 rings (SSSR count). The lowest BCUT2D eigenvalue weighted by atomic mass is 10.0. The van der Waals surface area contributed by atoms with Crippen molar-refractivity contribution in [1.29, 1.82) is 0 Å². The predicted molar refractivity (Wildman–Crippen MR) is 97.9 cm³/mol. The van der Waals surface area contributed by atoms with Crippen LogP contribution in [0, 0.1) is 0 Å². The lowest BCUT2D eigenvalue weighted by Gasteiger charge is -2.16. The molecule has 1 N–H and O–H groups in total. The van der Waals surface area contributed by atoms with Crippen LogP contribution >= 0.6 is 15.9 Å². The van der Waals surface area contributed by atoms with Crippen molar-refractivity contribution in [3.05, 3.63) is 57.6 Å². The molecular weight excluding hydrogens is 390 g/mol. The standard InChI is InChI=1S/C18H20BrNO3S/c1-12(14-7-6-13-4-3-5-15(13)10-14)20-24(21,22)16-8-9-18(23-2)17(19)11-16/h6-12,20H,3-5H2,1-2H3/t12-/m1/s1. The number of halogens is 1. The summed E-state index contributed by atoms with van der Waals surface area (Å²) in [5.74, 6) is 0.598. The van der Waals surface area contributed by atoms with Gasteiger partial charge in [0.2, 0.25) is 10.0 Å². The highest BCUT2D eigenvalue weighted by Crippen LogP contribution is 2.29. The van der Waals surface area contributed by atoms with Crippen LogP contribution in [-0.2, 0) is 22.9 Å². The van der Waals surface area contributed by atoms with Gasteiger partial charge in [0.05, 0.1) is 16.5 Å². The fourth-order valence-electron chi connectivity index (χ4n) is 3.04. The highest BCUT2D eigenvalue weighted by atomic mass is 79.9. The molecule has 0 fully saturated rings. The summed E-state index contributed by atoms with van der Waals surface area (Å²) in [6.07, 6.45) is 3.38. The molecule has 24 heavy (non-hydrogen) atoms. The van der Waals surface area contributed by atoms with Crippen LogP contribution < -0.4 is 9.46 Å². The maximum Gasteiger partial charge on any atom is 0.241 e. The summed E-state index contributed by atoms with van der Waals surface area (Å²) in [5, 5.41) is 0. The molecule has 0 heterocycles. The molecule has 0 amide bonds. The zero-order valence-electron chi connectivity index (χ0n) is 13.7.